The van der Waals surface area contributed by atoms with E-state index in [4.69, 9.17) is 85.1 Å². The van der Waals surface area contributed by atoms with E-state index in [1.54, 1.807) is 7.06 Å². The molecule has 0 aromatic carbocycles. The average molecular weight is 227 g/mol. The van der Waals surface area contributed by atoms with E-state index in [2.05, 4.69) is 0 Å². The van der Waals surface area contributed by atoms with Gasteiger partial charge < -0.3 is 0 Å². The lowest BCUT2D eigenvalue weighted by molar-refractivity contribution is 3.39. The molecule has 0 nitrogen and oxygen atoms in total. The molecule has 0 rings (SSSR count). The molecular weight excluding hydrogens is 227 g/mol. The maximum absolute atomic E-state index is 6.14. The molecule has 0 amide bonds. The van der Waals surface area contributed by atoms with Crippen molar-refractivity contribution in [3.63, 3.8) is 0 Å². The summed E-state index contributed by atoms with van der Waals surface area (Å²) in [6, 6.07) is 0. The maximum atomic E-state index is 6.14. The highest BCUT2D eigenvalue weighted by Gasteiger charge is 2.38. The Labute approximate surface area is 149 Å². The third-order valence-corrected chi connectivity index (χ3v) is 3.56. The van der Waals surface area contributed by atoms with Crippen molar-refractivity contribution in [2.24, 2.45) is 0 Å². The molecule has 0 aliphatic heterocycles. The van der Waals surface area contributed by atoms with Crippen molar-refractivity contribution in [1.29, 1.82) is 0 Å². The Balaban J connectivity index is 5.20. The topological polar surface area (TPSA) is 0 Å². The monoisotopic (exact) mass is 231 g/mol. The van der Waals surface area contributed by atoms with Gasteiger partial charge in [-0.25, -0.2) is 0 Å². The molecule has 0 N–H and O–H groups in total. The summed E-state index contributed by atoms with van der Waals surface area (Å²) in [5.41, 5.74) is 0. The summed E-state index contributed by atoms with van der Waals surface area (Å²) in [4.78, 5) is 0. The van der Waals surface area contributed by atoms with Crippen molar-refractivity contribution < 1.29 is 0 Å². The van der Waals surface area contributed by atoms with E-state index >= 15 is 0 Å². The first-order valence-electron chi connectivity index (χ1n) is 6.67. The molecule has 21 heavy (non-hydrogen) atoms. The van der Waals surface area contributed by atoms with E-state index in [0.717, 1.165) is 0 Å². The van der Waals surface area contributed by atoms with Crippen LogP contribution in [0.1, 0.15) is 0 Å². The third kappa shape index (κ3) is 7.20. The van der Waals surface area contributed by atoms with E-state index in [-0.39, 0.29) is 0 Å². The molecule has 0 saturated heterocycles. The Morgan fingerprint density at radius 1 is 0.429 bits per heavy atom. The molecule has 0 aliphatic carbocycles. The average Bonchev–Trinajstić information content (AvgIpc) is 2.26. The van der Waals surface area contributed by atoms with E-state index < -0.39 is 57.5 Å². The number of hydrogen-bond donors (Lipinski definition) is 0. The minimum absolute atomic E-state index is 0.556. The zero-order valence-corrected chi connectivity index (χ0v) is 12.1. The highest BCUT2D eigenvalue weighted by molar-refractivity contribution is 8.13. The first-order chi connectivity index (χ1) is 9.50. The molecule has 0 aromatic heterocycles. The molecule has 0 fully saturated rings. The van der Waals surface area contributed by atoms with Gasteiger partial charge in [-0.1, -0.05) is 0 Å². The van der Waals surface area contributed by atoms with Crippen LogP contribution in [-0.4, -0.2) is 150 Å². The zero-order valence-electron chi connectivity index (χ0n) is 12.1. The van der Waals surface area contributed by atoms with Crippen molar-refractivity contribution in [2.75, 3.05) is 0 Å². The van der Waals surface area contributed by atoms with Gasteiger partial charge in [-0.15, -0.1) is 0 Å². The normalized spacial score (nSPS) is 9.14. The Kier molecular flexibility index (Phi) is 10.9. The first-order valence-corrected chi connectivity index (χ1v) is 6.67. The standard InChI is InChI=1S/B21/c1-13(2)19(14(3)4)12-20(15(5)6)18(11)21(16(7)8)17(9)10. The maximum Gasteiger partial charge on any atom is 0 e. The van der Waals surface area contributed by atoms with E-state index in [1.807, 2.05) is 0 Å². The summed E-state index contributed by atoms with van der Waals surface area (Å²) in [5, 5.41) is 0. The van der Waals surface area contributed by atoms with Gasteiger partial charge in [0.25, 0.3) is 0 Å². The summed E-state index contributed by atoms with van der Waals surface area (Å²) in [6.07, 6.45) is -6.57. The van der Waals surface area contributed by atoms with E-state index in [1.165, 1.54) is 0 Å². The predicted molar refractivity (Wildman–Crippen MR) is 121 cm³/mol. The zero-order chi connectivity index (χ0) is 16.9. The van der Waals surface area contributed by atoms with Crippen LogP contribution in [0.15, 0.2) is 0 Å². The molecule has 0 aromatic rings. The molecule has 0 spiro atoms. The van der Waals surface area contributed by atoms with Gasteiger partial charge in [0.2, 0.25) is 0 Å². The lowest BCUT2D eigenvalue weighted by atomic mass is 8.45. The Morgan fingerprint density at radius 3 is 1.00 bits per heavy atom. The van der Waals surface area contributed by atoms with Crippen molar-refractivity contribution in [1.82, 2.24) is 0 Å². The number of rotatable bonds is 9. The molecule has 0 atom stereocenters. The van der Waals surface area contributed by atoms with Gasteiger partial charge in [-0.2, -0.15) is 0 Å². The summed E-state index contributed by atoms with van der Waals surface area (Å²) in [6.45, 7) is 0. The lowest BCUT2D eigenvalue weighted by Crippen LogP contribution is -2.75. The molecule has 63 valence electrons. The molecule has 0 unspecified atom stereocenters. The lowest BCUT2D eigenvalue weighted by Gasteiger charge is -2.37. The predicted octanol–water partition coefficient (Wildman–Crippen LogP) is -8.00. The van der Waals surface area contributed by atoms with Gasteiger partial charge in [0.15, 0.2) is 0 Å². The van der Waals surface area contributed by atoms with Crippen molar-refractivity contribution in [3.8, 4) is 0 Å². The smallest absolute Gasteiger partial charge is 0 e. The molecule has 0 saturated carbocycles. The van der Waals surface area contributed by atoms with Gasteiger partial charge in [-0.3, -0.25) is 0 Å². The van der Waals surface area contributed by atoms with Crippen LogP contribution in [0, 0.1) is 0 Å². The molecule has 0 bridgehead atoms. The highest BCUT2D eigenvalue weighted by Crippen LogP contribution is 2.00. The van der Waals surface area contributed by atoms with Crippen LogP contribution >= 0.6 is 0 Å². The summed E-state index contributed by atoms with van der Waals surface area (Å²) < 4.78 is 0. The van der Waals surface area contributed by atoms with E-state index in [9.17, 15) is 0 Å². The van der Waals surface area contributed by atoms with Crippen LogP contribution in [-0.2, 0) is 0 Å². The van der Waals surface area contributed by atoms with Gasteiger partial charge in [-0.05, 0) is 0 Å². The second-order valence-corrected chi connectivity index (χ2v) is 5.39. The van der Waals surface area contributed by atoms with Crippen LogP contribution in [0.4, 0.5) is 0 Å². The quantitative estimate of drug-likeness (QED) is 0.343. The molecular formula is B21. The van der Waals surface area contributed by atoms with Gasteiger partial charge in [0.1, 0.15) is 0 Å². The summed E-state index contributed by atoms with van der Waals surface area (Å²) in [5.74, 6) is 0. The number of hydrogen-bond acceptors (Lipinski definition) is 0. The fraction of sp³-hybridized carbons (Fsp3) is 0. The Bertz CT molecular complexity index is 243. The van der Waals surface area contributed by atoms with Crippen LogP contribution in [0.5, 0.6) is 0 Å². The van der Waals surface area contributed by atoms with Crippen molar-refractivity contribution in [3.05, 3.63) is 0 Å². The first kappa shape index (κ1) is 22.4. The van der Waals surface area contributed by atoms with Gasteiger partial charge >= 0.3 is 0 Å². The Morgan fingerprint density at radius 2 is 0.762 bits per heavy atom. The van der Waals surface area contributed by atoms with Crippen LogP contribution in [0.2, 0.25) is 0 Å². The van der Waals surface area contributed by atoms with E-state index in [0.29, 0.717) is 0 Å². The second-order valence-electron chi connectivity index (χ2n) is 5.39. The summed E-state index contributed by atoms with van der Waals surface area (Å²) in [7, 11) is 64.6. The van der Waals surface area contributed by atoms with Crippen LogP contribution < -0.4 is 0 Å². The van der Waals surface area contributed by atoms with Crippen LogP contribution in [0.25, 0.3) is 0 Å². The summed E-state index contributed by atoms with van der Waals surface area (Å²) >= 11 is 0. The molecule has 0 aliphatic rings. The Hall–Kier alpha value is 1.36. The third-order valence-electron chi connectivity index (χ3n) is 3.56. The SMILES string of the molecule is [B]B([B])B([B]B(B([B])[B])B([B])B(B([B])[B])B([B])[B])B([B])[B]. The minimum Gasteiger partial charge on any atom is 0 e. The fourth-order valence-electron chi connectivity index (χ4n) is 2.31. The molecule has 23 radical (unpaired) electrons. The minimum atomic E-state index is -0.841. The molecule has 0 heterocycles. The fourth-order valence-corrected chi connectivity index (χ4v) is 2.31. The second kappa shape index (κ2) is 10.3. The van der Waals surface area contributed by atoms with Gasteiger partial charge in [0, 0.05) is 150 Å². The van der Waals surface area contributed by atoms with Crippen molar-refractivity contribution in [2.45, 2.75) is 0 Å². The van der Waals surface area contributed by atoms with Crippen LogP contribution in [0.3, 0.4) is 0 Å². The molecule has 21 heteroatoms. The largest absolute Gasteiger partial charge is 0 e. The highest BCUT2D eigenvalue weighted by atomic mass is 13.2. The van der Waals surface area contributed by atoms with Gasteiger partial charge in [0.05, 0.1) is 0 Å². The van der Waals surface area contributed by atoms with Crippen molar-refractivity contribution >= 4 is 150 Å².